The van der Waals surface area contributed by atoms with Gasteiger partial charge in [0.05, 0.1) is 5.75 Å². The molecule has 2 aromatic carbocycles. The first-order chi connectivity index (χ1) is 14.8. The molecular weight excluding hydrogens is 418 g/mol. The first kappa shape index (κ1) is 21.0. The van der Waals surface area contributed by atoms with Gasteiger partial charge in [0.15, 0.2) is 0 Å². The number of nitrogens with zero attached hydrogens (tertiary/aromatic N) is 1. The molecule has 1 saturated heterocycles. The largest absolute Gasteiger partial charge is 0.316 e. The molecule has 7 heteroatoms. The zero-order valence-electron chi connectivity index (χ0n) is 17.7. The Morgan fingerprint density at radius 3 is 2.55 bits per heavy atom. The minimum Gasteiger partial charge on any atom is -0.316 e. The second-order valence-corrected chi connectivity index (χ2v) is 11.4. The summed E-state index contributed by atoms with van der Waals surface area (Å²) < 4.78 is 55.1. The van der Waals surface area contributed by atoms with Crippen LogP contribution in [0, 0.1) is 17.6 Å². The second kappa shape index (κ2) is 7.94. The van der Waals surface area contributed by atoms with E-state index in [2.05, 4.69) is 5.32 Å². The van der Waals surface area contributed by atoms with E-state index in [0.717, 1.165) is 36.0 Å². The molecule has 1 saturated carbocycles. The van der Waals surface area contributed by atoms with E-state index in [9.17, 15) is 17.2 Å². The second-order valence-electron chi connectivity index (χ2n) is 9.35. The van der Waals surface area contributed by atoms with E-state index in [-0.39, 0.29) is 35.3 Å². The summed E-state index contributed by atoms with van der Waals surface area (Å²) in [6.07, 6.45) is 3.40. The summed E-state index contributed by atoms with van der Waals surface area (Å²) in [6, 6.07) is 10.4. The van der Waals surface area contributed by atoms with Crippen LogP contribution < -0.4 is 5.32 Å². The number of sulfonamides is 1. The molecule has 2 unspecified atom stereocenters. The van der Waals surface area contributed by atoms with E-state index in [4.69, 9.17) is 0 Å². The predicted octanol–water partition coefficient (Wildman–Crippen LogP) is 3.57. The fraction of sp³-hybridized carbons (Fsp3) is 0.500. The summed E-state index contributed by atoms with van der Waals surface area (Å²) in [4.78, 5) is 0. The number of hydrogen-bond donors (Lipinski definition) is 1. The SMILES string of the molecule is CNC1Cc2cc(F)c(C3CN(S(=O)(=O)CC4CC4)C3)cc2C1Cc1cccc(F)c1. The van der Waals surface area contributed by atoms with Gasteiger partial charge in [0.2, 0.25) is 10.0 Å². The van der Waals surface area contributed by atoms with Crippen molar-refractivity contribution in [2.45, 2.75) is 43.6 Å². The summed E-state index contributed by atoms with van der Waals surface area (Å²) in [6.45, 7) is 0.712. The Balaban J connectivity index is 1.37. The van der Waals surface area contributed by atoms with Crippen LogP contribution in [0.25, 0.3) is 0 Å². The van der Waals surface area contributed by atoms with Gasteiger partial charge in [-0.3, -0.25) is 0 Å². The zero-order valence-corrected chi connectivity index (χ0v) is 18.5. The molecule has 1 N–H and O–H groups in total. The molecule has 0 radical (unpaired) electrons. The number of likely N-dealkylation sites (N-methyl/N-ethyl adjacent to an activating group) is 1. The number of benzene rings is 2. The molecule has 0 bridgehead atoms. The van der Waals surface area contributed by atoms with Gasteiger partial charge in [0.25, 0.3) is 0 Å². The number of rotatable bonds is 7. The first-order valence-electron chi connectivity index (χ1n) is 11.1. The van der Waals surface area contributed by atoms with Crippen LogP contribution in [0.15, 0.2) is 36.4 Å². The summed E-state index contributed by atoms with van der Waals surface area (Å²) in [7, 11) is -1.32. The molecule has 5 rings (SSSR count). The molecule has 2 atom stereocenters. The van der Waals surface area contributed by atoms with E-state index < -0.39 is 10.0 Å². The Bertz CT molecular complexity index is 1090. The third kappa shape index (κ3) is 4.15. The minimum atomic E-state index is -3.23. The van der Waals surface area contributed by atoms with E-state index in [0.29, 0.717) is 31.0 Å². The van der Waals surface area contributed by atoms with Crippen molar-refractivity contribution >= 4 is 10.0 Å². The molecule has 4 nitrogen and oxygen atoms in total. The van der Waals surface area contributed by atoms with E-state index in [1.54, 1.807) is 18.2 Å². The lowest BCUT2D eigenvalue weighted by atomic mass is 9.86. The lowest BCUT2D eigenvalue weighted by Crippen LogP contribution is -2.49. The molecule has 166 valence electrons. The number of fused-ring (bicyclic) bond motifs is 1. The number of hydrogen-bond acceptors (Lipinski definition) is 3. The summed E-state index contributed by atoms with van der Waals surface area (Å²) >= 11 is 0. The van der Waals surface area contributed by atoms with Crippen molar-refractivity contribution in [3.63, 3.8) is 0 Å². The zero-order chi connectivity index (χ0) is 21.8. The lowest BCUT2D eigenvalue weighted by molar-refractivity contribution is 0.259. The maximum Gasteiger partial charge on any atom is 0.214 e. The van der Waals surface area contributed by atoms with Crippen LogP contribution in [0.5, 0.6) is 0 Å². The van der Waals surface area contributed by atoms with Crippen LogP contribution in [-0.4, -0.2) is 44.7 Å². The van der Waals surface area contributed by atoms with E-state index in [1.165, 1.54) is 10.4 Å². The van der Waals surface area contributed by atoms with Crippen LogP contribution in [0.2, 0.25) is 0 Å². The maximum absolute atomic E-state index is 15.0. The van der Waals surface area contributed by atoms with Gasteiger partial charge in [-0.15, -0.1) is 0 Å². The van der Waals surface area contributed by atoms with Crippen molar-refractivity contribution in [1.82, 2.24) is 9.62 Å². The van der Waals surface area contributed by atoms with Crippen molar-refractivity contribution in [1.29, 1.82) is 0 Å². The van der Waals surface area contributed by atoms with Crippen molar-refractivity contribution in [2.75, 3.05) is 25.9 Å². The molecule has 2 aromatic rings. The average molecular weight is 447 g/mol. The predicted molar refractivity (Wildman–Crippen MR) is 117 cm³/mol. The lowest BCUT2D eigenvalue weighted by Gasteiger charge is -2.38. The Hall–Kier alpha value is -1.83. The fourth-order valence-electron chi connectivity index (χ4n) is 5.10. The van der Waals surface area contributed by atoms with Crippen molar-refractivity contribution in [3.05, 3.63) is 70.3 Å². The number of nitrogens with one attached hydrogen (secondary N) is 1. The van der Waals surface area contributed by atoms with Crippen LogP contribution in [0.4, 0.5) is 8.78 Å². The first-order valence-corrected chi connectivity index (χ1v) is 12.7. The molecule has 1 aliphatic heterocycles. The smallest absolute Gasteiger partial charge is 0.214 e. The molecule has 0 aromatic heterocycles. The van der Waals surface area contributed by atoms with Gasteiger partial charge >= 0.3 is 0 Å². The van der Waals surface area contributed by atoms with Gasteiger partial charge in [0, 0.05) is 31.0 Å². The standard InChI is InChI=1S/C24H28F2N2O2S/c1-27-24-10-17-9-23(26)21(18-12-28(13-18)31(29,30)14-15-5-6-15)11-20(17)22(24)8-16-3-2-4-19(25)7-16/h2-4,7,9,11,15,18,22,24,27H,5-6,8,10,12-14H2,1H3. The van der Waals surface area contributed by atoms with Gasteiger partial charge in [-0.2, -0.15) is 0 Å². The Kier molecular flexibility index (Phi) is 5.39. The van der Waals surface area contributed by atoms with E-state index in [1.807, 2.05) is 19.2 Å². The van der Waals surface area contributed by atoms with Crippen molar-refractivity contribution < 1.29 is 17.2 Å². The van der Waals surface area contributed by atoms with Crippen LogP contribution in [0.1, 0.15) is 46.9 Å². The third-order valence-corrected chi connectivity index (χ3v) is 9.10. The highest BCUT2D eigenvalue weighted by molar-refractivity contribution is 7.89. The quantitative estimate of drug-likeness (QED) is 0.708. The summed E-state index contributed by atoms with van der Waals surface area (Å²) in [5.41, 5.74) is 3.61. The molecule has 0 spiro atoms. The van der Waals surface area contributed by atoms with Gasteiger partial charge < -0.3 is 5.32 Å². The van der Waals surface area contributed by atoms with Gasteiger partial charge in [0.1, 0.15) is 11.6 Å². The fourth-order valence-corrected chi connectivity index (χ4v) is 7.06. The molecular formula is C24H28F2N2O2S. The van der Waals surface area contributed by atoms with Crippen molar-refractivity contribution in [2.24, 2.45) is 5.92 Å². The van der Waals surface area contributed by atoms with Gasteiger partial charge in [-0.25, -0.2) is 21.5 Å². The molecule has 2 aliphatic carbocycles. The average Bonchev–Trinajstić information content (AvgIpc) is 3.41. The highest BCUT2D eigenvalue weighted by atomic mass is 32.2. The highest BCUT2D eigenvalue weighted by Gasteiger charge is 2.41. The van der Waals surface area contributed by atoms with Gasteiger partial charge in [-0.05, 0) is 79.1 Å². The Morgan fingerprint density at radius 2 is 1.87 bits per heavy atom. The maximum atomic E-state index is 15.0. The summed E-state index contributed by atoms with van der Waals surface area (Å²) in [5, 5.41) is 3.34. The molecule has 2 fully saturated rings. The van der Waals surface area contributed by atoms with Crippen LogP contribution in [0.3, 0.4) is 0 Å². The Morgan fingerprint density at radius 1 is 1.10 bits per heavy atom. The molecule has 1 heterocycles. The van der Waals surface area contributed by atoms with E-state index >= 15 is 0 Å². The van der Waals surface area contributed by atoms with Crippen molar-refractivity contribution in [3.8, 4) is 0 Å². The minimum absolute atomic E-state index is 0.109. The topological polar surface area (TPSA) is 49.4 Å². The molecule has 0 amide bonds. The Labute approximate surface area is 182 Å². The van der Waals surface area contributed by atoms with Crippen LogP contribution in [-0.2, 0) is 22.9 Å². The molecule has 3 aliphatic rings. The number of halogens is 2. The molecule has 31 heavy (non-hydrogen) atoms. The highest BCUT2D eigenvalue weighted by Crippen LogP contribution is 2.41. The summed E-state index contributed by atoms with van der Waals surface area (Å²) in [5.74, 6) is 0.0515. The monoisotopic (exact) mass is 446 g/mol. The normalized spacial score (nSPS) is 24.2. The van der Waals surface area contributed by atoms with Crippen LogP contribution >= 0.6 is 0 Å². The third-order valence-electron chi connectivity index (χ3n) is 7.12. The van der Waals surface area contributed by atoms with Gasteiger partial charge in [-0.1, -0.05) is 18.2 Å².